The van der Waals surface area contributed by atoms with Gasteiger partial charge in [-0.15, -0.1) is 0 Å². The summed E-state index contributed by atoms with van der Waals surface area (Å²) in [5.41, 5.74) is 2.69. The minimum absolute atomic E-state index is 0.0823. The van der Waals surface area contributed by atoms with Crippen LogP contribution in [0.5, 0.6) is 6.01 Å². The van der Waals surface area contributed by atoms with Gasteiger partial charge >= 0.3 is 6.01 Å². The summed E-state index contributed by atoms with van der Waals surface area (Å²) in [6.45, 7) is 13.1. The summed E-state index contributed by atoms with van der Waals surface area (Å²) >= 11 is 6.93. The Bertz CT molecular complexity index is 1690. The van der Waals surface area contributed by atoms with E-state index in [2.05, 4.69) is 21.6 Å². The van der Waals surface area contributed by atoms with Crippen molar-refractivity contribution in [2.45, 2.75) is 45.9 Å². The van der Waals surface area contributed by atoms with Crippen molar-refractivity contribution in [3.8, 4) is 17.1 Å². The number of aromatic nitrogens is 4. The number of ether oxygens (including phenoxy) is 1. The summed E-state index contributed by atoms with van der Waals surface area (Å²) in [4.78, 5) is 27.8. The fraction of sp³-hybridized carbons (Fsp3) is 0.419. The monoisotopic (exact) mass is 593 g/mol. The minimum atomic E-state index is -0.552. The molecule has 0 spiro atoms. The van der Waals surface area contributed by atoms with Gasteiger partial charge in [0.2, 0.25) is 5.91 Å². The Balaban J connectivity index is 1.73. The largest absolute Gasteiger partial charge is 0.459 e. The van der Waals surface area contributed by atoms with Gasteiger partial charge in [0.15, 0.2) is 5.82 Å². The fourth-order valence-electron chi connectivity index (χ4n) is 5.92. The smallest absolute Gasteiger partial charge is 0.319 e. The van der Waals surface area contributed by atoms with Crippen molar-refractivity contribution in [3.63, 3.8) is 0 Å². The normalized spacial score (nSPS) is 18.2. The zero-order valence-corrected chi connectivity index (χ0v) is 25.9. The van der Waals surface area contributed by atoms with Crippen molar-refractivity contribution in [1.29, 1.82) is 0 Å². The third kappa shape index (κ3) is 5.29. The van der Waals surface area contributed by atoms with Crippen molar-refractivity contribution in [2.24, 2.45) is 7.05 Å². The molecular weight excluding hydrogens is 557 g/mol. The lowest BCUT2D eigenvalue weighted by Crippen LogP contribution is -2.58. The number of anilines is 1. The van der Waals surface area contributed by atoms with Crippen LogP contribution in [-0.2, 0) is 11.8 Å². The molecule has 1 aliphatic heterocycles. The van der Waals surface area contributed by atoms with E-state index in [4.69, 9.17) is 21.3 Å². The predicted octanol–water partition coefficient (Wildman–Crippen LogP) is 5.22. The number of benzene rings is 2. The maximum atomic E-state index is 16.9. The van der Waals surface area contributed by atoms with Crippen LogP contribution in [0.1, 0.15) is 26.3 Å². The summed E-state index contributed by atoms with van der Waals surface area (Å²) in [7, 11) is 5.74. The molecule has 5 rings (SSSR count). The van der Waals surface area contributed by atoms with E-state index in [-0.39, 0.29) is 46.2 Å². The van der Waals surface area contributed by atoms with Gasteiger partial charge in [-0.1, -0.05) is 30.3 Å². The summed E-state index contributed by atoms with van der Waals surface area (Å²) in [6.07, 6.45) is 2.84. The molecule has 4 aromatic rings. The van der Waals surface area contributed by atoms with Gasteiger partial charge in [0.25, 0.3) is 0 Å². The van der Waals surface area contributed by atoms with Crippen molar-refractivity contribution in [3.05, 3.63) is 53.5 Å². The molecule has 0 bridgehead atoms. The highest BCUT2D eigenvalue weighted by Crippen LogP contribution is 2.43. The zero-order chi connectivity index (χ0) is 30.5. The van der Waals surface area contributed by atoms with Gasteiger partial charge in [-0.3, -0.25) is 9.48 Å². The number of fused-ring (bicyclic) bond motifs is 2. The Morgan fingerprint density at radius 3 is 2.67 bits per heavy atom. The van der Waals surface area contributed by atoms with Crippen LogP contribution in [0.4, 0.5) is 10.2 Å². The van der Waals surface area contributed by atoms with Crippen molar-refractivity contribution >= 4 is 45.1 Å². The third-order valence-electron chi connectivity index (χ3n) is 7.85. The first-order chi connectivity index (χ1) is 19.9. The van der Waals surface area contributed by atoms with Crippen LogP contribution in [0, 0.1) is 12.7 Å². The number of nitrogens with zero attached hydrogens (tertiary/aromatic N) is 7. The van der Waals surface area contributed by atoms with Gasteiger partial charge in [0, 0.05) is 60.7 Å². The van der Waals surface area contributed by atoms with Crippen molar-refractivity contribution in [1.82, 2.24) is 29.5 Å². The number of piperazine rings is 1. The molecule has 1 saturated heterocycles. The van der Waals surface area contributed by atoms with Gasteiger partial charge < -0.3 is 19.4 Å². The molecule has 1 fully saturated rings. The number of likely N-dealkylation sites (N-methyl/N-ethyl adjacent to an activating group) is 1. The fourth-order valence-corrected chi connectivity index (χ4v) is 6.21. The molecule has 3 atom stereocenters. The molecule has 0 saturated carbocycles. The Kier molecular flexibility index (Phi) is 8.13. The molecule has 11 heteroatoms. The average Bonchev–Trinajstić information content (AvgIpc) is 3.30. The Morgan fingerprint density at radius 1 is 1.24 bits per heavy atom. The van der Waals surface area contributed by atoms with E-state index in [1.807, 2.05) is 65.9 Å². The topological polar surface area (TPSA) is 79.6 Å². The van der Waals surface area contributed by atoms with E-state index in [0.717, 1.165) is 16.5 Å². The third-order valence-corrected chi connectivity index (χ3v) is 8.15. The van der Waals surface area contributed by atoms with Crippen LogP contribution in [-0.4, -0.2) is 87.4 Å². The minimum Gasteiger partial charge on any atom is -0.459 e. The summed E-state index contributed by atoms with van der Waals surface area (Å²) in [6, 6.07) is 5.48. The van der Waals surface area contributed by atoms with Crippen LogP contribution in [0.2, 0.25) is 5.02 Å². The van der Waals surface area contributed by atoms with Crippen LogP contribution >= 0.6 is 11.6 Å². The second-order valence-corrected chi connectivity index (χ2v) is 11.9. The molecule has 9 nitrogen and oxygen atoms in total. The van der Waals surface area contributed by atoms with E-state index in [1.54, 1.807) is 21.8 Å². The van der Waals surface area contributed by atoms with Gasteiger partial charge in [-0.25, -0.2) is 4.39 Å². The number of carbonyl (C=O) groups excluding carboxylic acids is 1. The Morgan fingerprint density at radius 2 is 1.98 bits per heavy atom. The molecule has 1 aliphatic rings. The van der Waals surface area contributed by atoms with E-state index < -0.39 is 5.82 Å². The van der Waals surface area contributed by atoms with E-state index in [1.165, 1.54) is 6.08 Å². The van der Waals surface area contributed by atoms with Crippen molar-refractivity contribution in [2.75, 3.05) is 38.6 Å². The predicted molar refractivity (Wildman–Crippen MR) is 166 cm³/mol. The number of hydrogen-bond donors (Lipinski definition) is 0. The molecule has 2 aromatic carbocycles. The van der Waals surface area contributed by atoms with Gasteiger partial charge in [-0.05, 0) is 59.5 Å². The number of rotatable bonds is 7. The first kappa shape index (κ1) is 29.7. The molecular formula is C31H37ClFN7O2. The highest BCUT2D eigenvalue weighted by molar-refractivity contribution is 6.35. The average molecular weight is 594 g/mol. The Hall–Kier alpha value is -3.76. The van der Waals surface area contributed by atoms with Gasteiger partial charge in [0.1, 0.15) is 17.4 Å². The number of aryl methyl sites for hydroxylation is 2. The second kappa shape index (κ2) is 11.5. The molecule has 222 valence electrons. The van der Waals surface area contributed by atoms with Crippen LogP contribution in [0.15, 0.2) is 37.1 Å². The van der Waals surface area contributed by atoms with Crippen molar-refractivity contribution < 1.29 is 13.9 Å². The molecule has 42 heavy (non-hydrogen) atoms. The first-order valence-electron chi connectivity index (χ1n) is 14.0. The molecule has 0 aliphatic carbocycles. The molecule has 0 unspecified atom stereocenters. The molecule has 1 amide bonds. The highest BCUT2D eigenvalue weighted by Gasteiger charge is 2.34. The Labute approximate surface area is 250 Å². The van der Waals surface area contributed by atoms with Crippen LogP contribution in [0.3, 0.4) is 0 Å². The molecule has 2 aromatic heterocycles. The molecule has 0 N–H and O–H groups in total. The number of hydrogen-bond acceptors (Lipinski definition) is 7. The van der Waals surface area contributed by atoms with Crippen LogP contribution in [0.25, 0.3) is 32.9 Å². The lowest BCUT2D eigenvalue weighted by molar-refractivity contribution is -0.128. The number of amides is 1. The SMILES string of the molecule is C=CC(=O)N1C[C@H](C)N(c2nc(O[C@H](C)CN(C)C)nc3c(F)c(-c4c(C)ccc5cnn(C)c45)c(Cl)cc23)C[C@H]1C. The summed E-state index contributed by atoms with van der Waals surface area (Å²) < 4.78 is 24.8. The zero-order valence-electron chi connectivity index (χ0n) is 25.2. The maximum absolute atomic E-state index is 16.9. The number of halogens is 2. The van der Waals surface area contributed by atoms with E-state index in [9.17, 15) is 4.79 Å². The lowest BCUT2D eigenvalue weighted by Gasteiger charge is -2.44. The highest BCUT2D eigenvalue weighted by atomic mass is 35.5. The van der Waals surface area contributed by atoms with E-state index in [0.29, 0.717) is 36.4 Å². The second-order valence-electron chi connectivity index (χ2n) is 11.5. The lowest BCUT2D eigenvalue weighted by atomic mass is 9.96. The summed E-state index contributed by atoms with van der Waals surface area (Å²) in [5.74, 6) is -0.161. The quantitative estimate of drug-likeness (QED) is 0.272. The molecule has 0 radical (unpaired) electrons. The summed E-state index contributed by atoms with van der Waals surface area (Å²) in [5, 5.41) is 6.00. The molecule has 3 heterocycles. The van der Waals surface area contributed by atoms with Gasteiger partial charge in [0.05, 0.1) is 16.7 Å². The van der Waals surface area contributed by atoms with Crippen LogP contribution < -0.4 is 9.64 Å². The first-order valence-corrected chi connectivity index (χ1v) is 14.4. The number of carbonyl (C=O) groups is 1. The van der Waals surface area contributed by atoms with E-state index >= 15 is 4.39 Å². The van der Waals surface area contributed by atoms with Gasteiger partial charge in [-0.2, -0.15) is 15.1 Å². The standard InChI is InChI=1S/C31H37ClFN7O2/c1-9-24(41)39-14-19(4)40(15-18(39)3)30-22-12-23(32)26(25-17(2)10-11-21-13-34-38(8)29(21)25)27(33)28(22)35-31(36-30)42-20(5)16-37(6)7/h9-13,18-20H,1,14-16H2,2-8H3/t18-,19+,20-/m1/s1. The maximum Gasteiger partial charge on any atom is 0.319 e.